The van der Waals surface area contributed by atoms with Gasteiger partial charge in [0.15, 0.2) is 5.16 Å². The molecular formula is C18H26N4O2S. The van der Waals surface area contributed by atoms with Gasteiger partial charge in [-0.2, -0.15) is 0 Å². The molecule has 0 unspecified atom stereocenters. The van der Waals surface area contributed by atoms with Gasteiger partial charge in [-0.05, 0) is 44.8 Å². The maximum atomic E-state index is 5.70. The van der Waals surface area contributed by atoms with Crippen LogP contribution in [0.5, 0.6) is 0 Å². The first-order valence-corrected chi connectivity index (χ1v) is 10.2. The van der Waals surface area contributed by atoms with Crippen LogP contribution >= 0.6 is 11.8 Å². The molecule has 4 rings (SSSR count). The molecule has 0 radical (unpaired) electrons. The normalized spacial score (nSPS) is 22.7. The number of furan rings is 1. The van der Waals surface area contributed by atoms with E-state index in [1.165, 1.54) is 18.4 Å². The lowest BCUT2D eigenvalue weighted by Gasteiger charge is -2.31. The van der Waals surface area contributed by atoms with Crippen molar-refractivity contribution in [1.29, 1.82) is 0 Å². The molecule has 1 atom stereocenters. The molecule has 0 saturated carbocycles. The first kappa shape index (κ1) is 17.1. The molecule has 0 amide bonds. The highest BCUT2D eigenvalue weighted by Crippen LogP contribution is 2.30. The lowest BCUT2D eigenvalue weighted by atomic mass is 9.96. The summed E-state index contributed by atoms with van der Waals surface area (Å²) in [5, 5.41) is 9.95. The topological polar surface area (TPSA) is 56.3 Å². The van der Waals surface area contributed by atoms with Gasteiger partial charge in [0.25, 0.3) is 0 Å². The van der Waals surface area contributed by atoms with Gasteiger partial charge in [0, 0.05) is 37.4 Å². The van der Waals surface area contributed by atoms with Crippen LogP contribution in [0.3, 0.4) is 0 Å². The van der Waals surface area contributed by atoms with E-state index in [-0.39, 0.29) is 0 Å². The Hall–Kier alpha value is -1.31. The van der Waals surface area contributed by atoms with Gasteiger partial charge in [0.2, 0.25) is 0 Å². The summed E-state index contributed by atoms with van der Waals surface area (Å²) in [6.45, 7) is 4.08. The molecule has 4 heterocycles. The summed E-state index contributed by atoms with van der Waals surface area (Å²) in [4.78, 5) is 2.49. The molecular weight excluding hydrogens is 336 g/mol. The maximum absolute atomic E-state index is 5.70. The van der Waals surface area contributed by atoms with Gasteiger partial charge in [-0.1, -0.05) is 11.8 Å². The number of aromatic nitrogens is 3. The van der Waals surface area contributed by atoms with Gasteiger partial charge >= 0.3 is 0 Å². The maximum Gasteiger partial charge on any atom is 0.191 e. The second-order valence-corrected chi connectivity index (χ2v) is 8.01. The third kappa shape index (κ3) is 4.10. The second-order valence-electron chi connectivity index (χ2n) is 7.03. The van der Waals surface area contributed by atoms with Crippen LogP contribution in [0, 0.1) is 0 Å². The van der Waals surface area contributed by atoms with Crippen LogP contribution in [0.1, 0.15) is 43.0 Å². The van der Waals surface area contributed by atoms with Crippen LogP contribution in [0.15, 0.2) is 28.2 Å². The van der Waals surface area contributed by atoms with Gasteiger partial charge in [0.05, 0.1) is 18.6 Å². The van der Waals surface area contributed by atoms with E-state index in [2.05, 4.69) is 26.7 Å². The van der Waals surface area contributed by atoms with Crippen LogP contribution in [-0.4, -0.2) is 51.2 Å². The van der Waals surface area contributed by atoms with Gasteiger partial charge < -0.3 is 13.7 Å². The summed E-state index contributed by atoms with van der Waals surface area (Å²) in [7, 11) is 2.10. The standard InChI is InChI=1S/C18H26N4O2S/c1-21-17(19-20-18(21)25-13-16-3-2-9-24-16)15-4-7-22(8-5-15)11-14-6-10-23-12-14/h6,10,12,15-16H,2-5,7-9,11,13H2,1H3/t16-/m0/s1. The summed E-state index contributed by atoms with van der Waals surface area (Å²) in [5.41, 5.74) is 1.25. The van der Waals surface area contributed by atoms with E-state index >= 15 is 0 Å². The molecule has 0 aromatic carbocycles. The van der Waals surface area contributed by atoms with Crippen LogP contribution in [0.2, 0.25) is 0 Å². The van der Waals surface area contributed by atoms with Crippen LogP contribution < -0.4 is 0 Å². The molecule has 2 aromatic heterocycles. The predicted molar refractivity (Wildman–Crippen MR) is 96.7 cm³/mol. The largest absolute Gasteiger partial charge is 0.472 e. The number of thioether (sulfide) groups is 1. The molecule has 6 nitrogen and oxygen atoms in total. The number of hydrogen-bond acceptors (Lipinski definition) is 6. The van der Waals surface area contributed by atoms with Crippen molar-refractivity contribution in [2.45, 2.75) is 49.4 Å². The molecule has 2 saturated heterocycles. The van der Waals surface area contributed by atoms with Crippen molar-refractivity contribution < 1.29 is 9.15 Å². The Morgan fingerprint density at radius 1 is 1.24 bits per heavy atom. The molecule has 0 aliphatic carbocycles. The van der Waals surface area contributed by atoms with Crippen LogP contribution in [-0.2, 0) is 18.3 Å². The lowest BCUT2D eigenvalue weighted by Crippen LogP contribution is -2.33. The fourth-order valence-corrected chi connectivity index (χ4v) is 4.72. The summed E-state index contributed by atoms with van der Waals surface area (Å²) >= 11 is 1.78. The average Bonchev–Trinajstić information content (AvgIpc) is 3.37. The Balaban J connectivity index is 1.30. The van der Waals surface area contributed by atoms with E-state index < -0.39 is 0 Å². The van der Waals surface area contributed by atoms with E-state index in [9.17, 15) is 0 Å². The minimum absolute atomic E-state index is 0.385. The molecule has 136 valence electrons. The van der Waals surface area contributed by atoms with E-state index in [0.717, 1.165) is 55.8 Å². The minimum atomic E-state index is 0.385. The average molecular weight is 362 g/mol. The summed E-state index contributed by atoms with van der Waals surface area (Å²) in [6.07, 6.45) is 8.61. The smallest absolute Gasteiger partial charge is 0.191 e. The van der Waals surface area contributed by atoms with Crippen molar-refractivity contribution in [1.82, 2.24) is 19.7 Å². The number of hydrogen-bond donors (Lipinski definition) is 0. The highest BCUT2D eigenvalue weighted by Gasteiger charge is 2.26. The zero-order valence-electron chi connectivity index (χ0n) is 14.8. The van der Waals surface area contributed by atoms with Gasteiger partial charge in [-0.15, -0.1) is 10.2 Å². The highest BCUT2D eigenvalue weighted by molar-refractivity contribution is 7.99. The lowest BCUT2D eigenvalue weighted by molar-refractivity contribution is 0.129. The van der Waals surface area contributed by atoms with Crippen molar-refractivity contribution in [3.63, 3.8) is 0 Å². The molecule has 25 heavy (non-hydrogen) atoms. The highest BCUT2D eigenvalue weighted by atomic mass is 32.2. The fourth-order valence-electron chi connectivity index (χ4n) is 3.74. The monoisotopic (exact) mass is 362 g/mol. The first-order valence-electron chi connectivity index (χ1n) is 9.16. The van der Waals surface area contributed by atoms with Crippen molar-refractivity contribution >= 4 is 11.8 Å². The Morgan fingerprint density at radius 2 is 2.12 bits per heavy atom. The predicted octanol–water partition coefficient (Wildman–Crippen LogP) is 3.06. The first-order chi connectivity index (χ1) is 12.3. The van der Waals surface area contributed by atoms with E-state index in [1.807, 2.05) is 12.3 Å². The van der Waals surface area contributed by atoms with Crippen LogP contribution in [0.4, 0.5) is 0 Å². The quantitative estimate of drug-likeness (QED) is 0.736. The van der Waals surface area contributed by atoms with Crippen molar-refractivity contribution in [2.75, 3.05) is 25.4 Å². The Bertz CT molecular complexity index is 659. The molecule has 0 spiro atoms. The summed E-state index contributed by atoms with van der Waals surface area (Å²) in [6, 6.07) is 2.05. The number of likely N-dealkylation sites (tertiary alicyclic amines) is 1. The molecule has 2 fully saturated rings. The van der Waals surface area contributed by atoms with Gasteiger partial charge in [0.1, 0.15) is 5.82 Å². The second kappa shape index (κ2) is 7.93. The number of rotatable bonds is 6. The number of piperidine rings is 1. The molecule has 0 bridgehead atoms. The molecule has 7 heteroatoms. The molecule has 2 aliphatic rings. The Kier molecular flexibility index (Phi) is 5.43. The van der Waals surface area contributed by atoms with Gasteiger partial charge in [-0.3, -0.25) is 4.90 Å². The number of ether oxygens (including phenoxy) is 1. The summed E-state index contributed by atoms with van der Waals surface area (Å²) < 4.78 is 13.1. The van der Waals surface area contributed by atoms with E-state index in [0.29, 0.717) is 12.0 Å². The van der Waals surface area contributed by atoms with Crippen LogP contribution in [0.25, 0.3) is 0 Å². The van der Waals surface area contributed by atoms with Crippen molar-refractivity contribution in [3.05, 3.63) is 30.0 Å². The Labute approximate surface area is 152 Å². The van der Waals surface area contributed by atoms with Crippen molar-refractivity contribution in [2.24, 2.45) is 7.05 Å². The third-order valence-electron chi connectivity index (χ3n) is 5.23. The minimum Gasteiger partial charge on any atom is -0.472 e. The van der Waals surface area contributed by atoms with E-state index in [4.69, 9.17) is 9.15 Å². The zero-order chi connectivity index (χ0) is 17.1. The van der Waals surface area contributed by atoms with E-state index in [1.54, 1.807) is 18.0 Å². The fraction of sp³-hybridized carbons (Fsp3) is 0.667. The molecule has 2 aliphatic heterocycles. The van der Waals surface area contributed by atoms with Crippen molar-refractivity contribution in [3.8, 4) is 0 Å². The number of nitrogens with zero attached hydrogens (tertiary/aromatic N) is 4. The van der Waals surface area contributed by atoms with Gasteiger partial charge in [-0.25, -0.2) is 0 Å². The SMILES string of the molecule is Cn1c(SC[C@@H]2CCCO2)nnc1C1CCN(Cc2ccoc2)CC1. The molecule has 0 N–H and O–H groups in total. The molecule has 2 aromatic rings. The Morgan fingerprint density at radius 3 is 2.84 bits per heavy atom. The zero-order valence-corrected chi connectivity index (χ0v) is 15.6. The summed E-state index contributed by atoms with van der Waals surface area (Å²) in [5.74, 6) is 2.63. The third-order valence-corrected chi connectivity index (χ3v) is 6.38.